The van der Waals surface area contributed by atoms with Crippen molar-refractivity contribution in [2.24, 2.45) is 5.10 Å². The van der Waals surface area contributed by atoms with E-state index in [0.29, 0.717) is 5.01 Å². The van der Waals surface area contributed by atoms with Crippen LogP contribution in [0.4, 0.5) is 13.2 Å². The summed E-state index contributed by atoms with van der Waals surface area (Å²) < 4.78 is 39.6. The van der Waals surface area contributed by atoms with Crippen LogP contribution in [0.5, 0.6) is 0 Å². The highest BCUT2D eigenvalue weighted by Gasteiger charge is 2.53. The Morgan fingerprint density at radius 1 is 1.15 bits per heavy atom. The zero-order valence-electron chi connectivity index (χ0n) is 14.0. The number of hydrogen-bond acceptors (Lipinski definition) is 3. The van der Waals surface area contributed by atoms with E-state index in [-0.39, 0.29) is 11.1 Å². The molecule has 1 aliphatic rings. The van der Waals surface area contributed by atoms with Crippen molar-refractivity contribution in [2.75, 3.05) is 0 Å². The fraction of sp³-hybridized carbons (Fsp3) is 0.263. The summed E-state index contributed by atoms with van der Waals surface area (Å²) in [5, 5.41) is 15.0. The molecule has 3 rings (SSSR count). The fourth-order valence-electron chi connectivity index (χ4n) is 2.85. The number of rotatable bonds is 3. The number of carbonyl (C=O) groups is 1. The molecule has 0 aliphatic carbocycles. The maximum Gasteiger partial charge on any atom is 0.431 e. The smallest absolute Gasteiger partial charge is 0.365 e. The topological polar surface area (TPSA) is 52.9 Å². The van der Waals surface area contributed by atoms with Gasteiger partial charge >= 0.3 is 6.18 Å². The zero-order valence-corrected chi connectivity index (χ0v) is 14.0. The van der Waals surface area contributed by atoms with E-state index in [0.717, 1.165) is 12.0 Å². The van der Waals surface area contributed by atoms with Gasteiger partial charge in [-0.1, -0.05) is 49.4 Å². The summed E-state index contributed by atoms with van der Waals surface area (Å²) in [7, 11) is 0. The molecule has 0 fully saturated rings. The summed E-state index contributed by atoms with van der Waals surface area (Å²) in [6.07, 6.45) is -4.81. The van der Waals surface area contributed by atoms with E-state index < -0.39 is 29.9 Å². The van der Waals surface area contributed by atoms with Crippen LogP contribution in [-0.2, 0) is 12.1 Å². The molecule has 1 heterocycles. The molecule has 26 heavy (non-hydrogen) atoms. The Morgan fingerprint density at radius 3 is 2.31 bits per heavy atom. The molecule has 2 aromatic rings. The van der Waals surface area contributed by atoms with E-state index in [9.17, 15) is 23.1 Å². The number of aryl methyl sites for hydroxylation is 1. The third-order valence-corrected chi connectivity index (χ3v) is 4.35. The number of carbonyl (C=O) groups excluding carboxylic acids is 1. The Bertz CT molecular complexity index is 832. The molecule has 2 aromatic carbocycles. The predicted octanol–water partition coefficient (Wildman–Crippen LogP) is 3.86. The average molecular weight is 362 g/mol. The zero-order chi connectivity index (χ0) is 18.9. The van der Waals surface area contributed by atoms with Crippen molar-refractivity contribution in [1.82, 2.24) is 5.01 Å². The quantitative estimate of drug-likeness (QED) is 0.902. The summed E-state index contributed by atoms with van der Waals surface area (Å²) in [5.41, 5.74) is -2.09. The number of aliphatic hydroxyl groups is 1. The van der Waals surface area contributed by atoms with Crippen molar-refractivity contribution in [3.05, 3.63) is 71.3 Å². The molecule has 0 unspecified atom stereocenters. The lowest BCUT2D eigenvalue weighted by Crippen LogP contribution is -2.43. The van der Waals surface area contributed by atoms with Crippen LogP contribution in [0.25, 0.3) is 0 Å². The fourth-order valence-corrected chi connectivity index (χ4v) is 2.85. The van der Waals surface area contributed by atoms with Gasteiger partial charge < -0.3 is 5.11 Å². The Morgan fingerprint density at radius 2 is 1.77 bits per heavy atom. The maximum atomic E-state index is 13.2. The molecule has 1 aliphatic heterocycles. The van der Waals surface area contributed by atoms with Gasteiger partial charge in [0, 0.05) is 11.1 Å². The lowest BCUT2D eigenvalue weighted by atomic mass is 9.95. The lowest BCUT2D eigenvalue weighted by molar-refractivity contribution is -0.0816. The molecule has 136 valence electrons. The van der Waals surface area contributed by atoms with E-state index in [1.54, 1.807) is 30.3 Å². The molecule has 0 radical (unpaired) electrons. The first kappa shape index (κ1) is 18.1. The van der Waals surface area contributed by atoms with Crippen LogP contribution in [0.2, 0.25) is 0 Å². The Kier molecular flexibility index (Phi) is 4.58. The van der Waals surface area contributed by atoms with Crippen molar-refractivity contribution >= 4 is 11.6 Å². The first-order valence-corrected chi connectivity index (χ1v) is 8.12. The van der Waals surface area contributed by atoms with Crippen LogP contribution >= 0.6 is 0 Å². The third kappa shape index (κ3) is 3.22. The second-order valence-corrected chi connectivity index (χ2v) is 6.07. The van der Waals surface area contributed by atoms with Gasteiger partial charge in [-0.3, -0.25) is 4.79 Å². The van der Waals surface area contributed by atoms with Crippen LogP contribution in [0.3, 0.4) is 0 Å². The number of hydrazone groups is 1. The largest absolute Gasteiger partial charge is 0.431 e. The second kappa shape index (κ2) is 6.57. The Hall–Kier alpha value is -2.67. The van der Waals surface area contributed by atoms with Gasteiger partial charge in [-0.15, -0.1) is 0 Å². The molecule has 1 atom stereocenters. The summed E-state index contributed by atoms with van der Waals surface area (Å²) in [5.74, 6) is -0.799. The second-order valence-electron chi connectivity index (χ2n) is 6.07. The number of alkyl halides is 3. The van der Waals surface area contributed by atoms with Crippen LogP contribution < -0.4 is 0 Å². The molecular weight excluding hydrogens is 345 g/mol. The van der Waals surface area contributed by atoms with Crippen LogP contribution in [-0.4, -0.2) is 27.9 Å². The van der Waals surface area contributed by atoms with E-state index >= 15 is 0 Å². The SMILES string of the molecule is CCc1ccc([C@@]2(O)CC(C(F)(F)F)=NN2C(=O)c2ccccc2)cc1. The highest BCUT2D eigenvalue weighted by molar-refractivity contribution is 5.99. The molecule has 7 heteroatoms. The van der Waals surface area contributed by atoms with Gasteiger partial charge in [0.25, 0.3) is 5.91 Å². The number of benzene rings is 2. The van der Waals surface area contributed by atoms with Gasteiger partial charge in [-0.2, -0.15) is 23.3 Å². The third-order valence-electron chi connectivity index (χ3n) is 4.35. The van der Waals surface area contributed by atoms with Gasteiger partial charge in [-0.25, -0.2) is 0 Å². The molecule has 1 N–H and O–H groups in total. The first-order valence-electron chi connectivity index (χ1n) is 8.12. The average Bonchev–Trinajstić information content (AvgIpc) is 3.01. The summed E-state index contributed by atoms with van der Waals surface area (Å²) in [6.45, 7) is 1.94. The summed E-state index contributed by atoms with van der Waals surface area (Å²) in [4.78, 5) is 12.7. The highest BCUT2D eigenvalue weighted by atomic mass is 19.4. The monoisotopic (exact) mass is 362 g/mol. The summed E-state index contributed by atoms with van der Waals surface area (Å²) >= 11 is 0. The maximum absolute atomic E-state index is 13.2. The van der Waals surface area contributed by atoms with Crippen LogP contribution in [0, 0.1) is 0 Å². The van der Waals surface area contributed by atoms with Crippen molar-refractivity contribution in [3.63, 3.8) is 0 Å². The molecular formula is C19H17F3N2O2. The standard InChI is InChI=1S/C19H17F3N2O2/c1-2-13-8-10-15(11-9-13)18(26)12-16(19(20,21)22)23-24(18)17(25)14-6-4-3-5-7-14/h3-11,26H,2,12H2,1H3/t18-/m0/s1. The molecule has 0 saturated heterocycles. The molecule has 0 bridgehead atoms. The van der Waals surface area contributed by atoms with E-state index in [1.165, 1.54) is 24.3 Å². The van der Waals surface area contributed by atoms with E-state index in [4.69, 9.17) is 0 Å². The van der Waals surface area contributed by atoms with Crippen molar-refractivity contribution in [3.8, 4) is 0 Å². The Balaban J connectivity index is 2.05. The van der Waals surface area contributed by atoms with Gasteiger partial charge in [-0.05, 0) is 24.1 Å². The predicted molar refractivity (Wildman–Crippen MR) is 90.4 cm³/mol. The molecule has 1 amide bonds. The molecule has 0 aromatic heterocycles. The lowest BCUT2D eigenvalue weighted by Gasteiger charge is -2.31. The number of amides is 1. The minimum absolute atomic E-state index is 0.142. The van der Waals surface area contributed by atoms with Gasteiger partial charge in [0.1, 0.15) is 5.71 Å². The number of halogens is 3. The molecule has 4 nitrogen and oxygen atoms in total. The van der Waals surface area contributed by atoms with Crippen molar-refractivity contribution < 1.29 is 23.1 Å². The molecule has 0 spiro atoms. The highest BCUT2D eigenvalue weighted by Crippen LogP contribution is 2.40. The van der Waals surface area contributed by atoms with Crippen LogP contribution in [0.15, 0.2) is 59.7 Å². The Labute approximate surface area is 148 Å². The minimum atomic E-state index is -4.73. The van der Waals surface area contributed by atoms with E-state index in [2.05, 4.69) is 5.10 Å². The molecule has 0 saturated carbocycles. The van der Waals surface area contributed by atoms with Gasteiger partial charge in [0.05, 0.1) is 6.42 Å². The number of nitrogens with zero attached hydrogens (tertiary/aromatic N) is 2. The van der Waals surface area contributed by atoms with Crippen LogP contribution in [0.1, 0.15) is 34.8 Å². The van der Waals surface area contributed by atoms with Gasteiger partial charge in [0.15, 0.2) is 5.72 Å². The summed E-state index contributed by atoms with van der Waals surface area (Å²) in [6, 6.07) is 14.3. The first-order chi connectivity index (χ1) is 12.3. The van der Waals surface area contributed by atoms with Crippen molar-refractivity contribution in [2.45, 2.75) is 31.7 Å². The van der Waals surface area contributed by atoms with Gasteiger partial charge in [0.2, 0.25) is 0 Å². The van der Waals surface area contributed by atoms with E-state index in [1.807, 2.05) is 6.92 Å². The van der Waals surface area contributed by atoms with Crippen molar-refractivity contribution in [1.29, 1.82) is 0 Å². The normalized spacial score (nSPS) is 20.2. The number of hydrogen-bond donors (Lipinski definition) is 1. The minimum Gasteiger partial charge on any atom is -0.365 e.